The molecule has 0 radical (unpaired) electrons. The summed E-state index contributed by atoms with van der Waals surface area (Å²) in [6, 6.07) is 6.04. The zero-order chi connectivity index (χ0) is 17.0. The van der Waals surface area contributed by atoms with Crippen LogP contribution in [0.2, 0.25) is 0 Å². The minimum atomic E-state index is -1.65. The SMILES string of the molecule is CCOc1ccc(C(=O)Nc2ccc(F)c(F)c2F)cc1OC. The first-order chi connectivity index (χ1) is 11.0. The van der Waals surface area contributed by atoms with Crippen LogP contribution < -0.4 is 14.8 Å². The topological polar surface area (TPSA) is 47.6 Å². The van der Waals surface area contributed by atoms with E-state index in [-0.39, 0.29) is 5.56 Å². The maximum atomic E-state index is 13.6. The van der Waals surface area contributed by atoms with E-state index in [0.717, 1.165) is 12.1 Å². The number of ether oxygens (including phenoxy) is 2. The standard InChI is InChI=1S/C16H14F3NO3/c1-3-23-12-7-4-9(8-13(12)22-2)16(21)20-11-6-5-10(17)14(18)15(11)19/h4-8H,3H2,1-2H3,(H,20,21). The number of halogens is 3. The molecule has 0 bridgehead atoms. The second kappa shape index (κ2) is 7.04. The molecule has 0 saturated heterocycles. The lowest BCUT2D eigenvalue weighted by Gasteiger charge is -2.11. The van der Waals surface area contributed by atoms with Crippen LogP contribution in [-0.2, 0) is 0 Å². The van der Waals surface area contributed by atoms with Crippen LogP contribution in [0.4, 0.5) is 18.9 Å². The van der Waals surface area contributed by atoms with Crippen LogP contribution in [0.5, 0.6) is 11.5 Å². The summed E-state index contributed by atoms with van der Waals surface area (Å²) in [6.07, 6.45) is 0. The predicted molar refractivity (Wildman–Crippen MR) is 78.4 cm³/mol. The van der Waals surface area contributed by atoms with Crippen molar-refractivity contribution in [2.45, 2.75) is 6.92 Å². The first kappa shape index (κ1) is 16.7. The first-order valence-electron chi connectivity index (χ1n) is 6.73. The van der Waals surface area contributed by atoms with Gasteiger partial charge in [-0.15, -0.1) is 0 Å². The zero-order valence-corrected chi connectivity index (χ0v) is 12.5. The van der Waals surface area contributed by atoms with Crippen molar-refractivity contribution in [3.8, 4) is 11.5 Å². The van der Waals surface area contributed by atoms with E-state index in [4.69, 9.17) is 9.47 Å². The Bertz CT molecular complexity index is 735. The molecule has 0 atom stereocenters. The second-order valence-corrected chi connectivity index (χ2v) is 4.48. The molecule has 23 heavy (non-hydrogen) atoms. The molecule has 0 spiro atoms. The molecular formula is C16H14F3NO3. The van der Waals surface area contributed by atoms with Crippen LogP contribution in [0.15, 0.2) is 30.3 Å². The number of benzene rings is 2. The number of carbonyl (C=O) groups is 1. The van der Waals surface area contributed by atoms with Gasteiger partial charge in [-0.3, -0.25) is 4.79 Å². The number of hydrogen-bond acceptors (Lipinski definition) is 3. The van der Waals surface area contributed by atoms with Crippen LogP contribution in [0.3, 0.4) is 0 Å². The number of carbonyl (C=O) groups excluding carboxylic acids is 1. The van der Waals surface area contributed by atoms with E-state index < -0.39 is 29.0 Å². The smallest absolute Gasteiger partial charge is 0.255 e. The largest absolute Gasteiger partial charge is 0.493 e. The average Bonchev–Trinajstić information content (AvgIpc) is 2.56. The summed E-state index contributed by atoms with van der Waals surface area (Å²) in [6.45, 7) is 2.22. The maximum absolute atomic E-state index is 13.6. The fourth-order valence-electron chi connectivity index (χ4n) is 1.90. The lowest BCUT2D eigenvalue weighted by molar-refractivity contribution is 0.102. The maximum Gasteiger partial charge on any atom is 0.255 e. The highest BCUT2D eigenvalue weighted by Gasteiger charge is 2.17. The van der Waals surface area contributed by atoms with Gasteiger partial charge in [0.2, 0.25) is 0 Å². The third-order valence-corrected chi connectivity index (χ3v) is 3.01. The number of anilines is 1. The van der Waals surface area contributed by atoms with E-state index in [1.165, 1.54) is 25.3 Å². The summed E-state index contributed by atoms with van der Waals surface area (Å²) >= 11 is 0. The van der Waals surface area contributed by atoms with Gasteiger partial charge < -0.3 is 14.8 Å². The number of nitrogens with one attached hydrogen (secondary N) is 1. The first-order valence-corrected chi connectivity index (χ1v) is 6.73. The average molecular weight is 325 g/mol. The summed E-state index contributed by atoms with van der Waals surface area (Å²) in [5, 5.41) is 2.18. The Labute approximate surface area is 130 Å². The van der Waals surface area contributed by atoms with Gasteiger partial charge in [0.05, 0.1) is 19.4 Å². The van der Waals surface area contributed by atoms with Crippen molar-refractivity contribution in [3.63, 3.8) is 0 Å². The summed E-state index contributed by atoms with van der Waals surface area (Å²) < 4.78 is 50.0. The van der Waals surface area contributed by atoms with Crippen LogP contribution >= 0.6 is 0 Å². The molecule has 0 heterocycles. The van der Waals surface area contributed by atoms with Gasteiger partial charge in [-0.25, -0.2) is 13.2 Å². The Morgan fingerprint density at radius 2 is 1.83 bits per heavy atom. The summed E-state index contributed by atoms with van der Waals surface area (Å²) in [5.41, 5.74) is -0.309. The quantitative estimate of drug-likeness (QED) is 0.852. The van der Waals surface area contributed by atoms with Gasteiger partial charge in [0.1, 0.15) is 0 Å². The van der Waals surface area contributed by atoms with Gasteiger partial charge in [-0.05, 0) is 37.3 Å². The highest BCUT2D eigenvalue weighted by molar-refractivity contribution is 6.04. The molecule has 2 aromatic carbocycles. The third-order valence-electron chi connectivity index (χ3n) is 3.01. The number of hydrogen-bond donors (Lipinski definition) is 1. The molecule has 0 saturated carbocycles. The normalized spacial score (nSPS) is 10.3. The zero-order valence-electron chi connectivity index (χ0n) is 12.5. The lowest BCUT2D eigenvalue weighted by atomic mass is 10.1. The minimum Gasteiger partial charge on any atom is -0.493 e. The Hall–Kier alpha value is -2.70. The van der Waals surface area contributed by atoms with Crippen molar-refractivity contribution in [2.75, 3.05) is 19.0 Å². The Morgan fingerprint density at radius 3 is 2.48 bits per heavy atom. The highest BCUT2D eigenvalue weighted by atomic mass is 19.2. The number of rotatable bonds is 5. The Morgan fingerprint density at radius 1 is 1.09 bits per heavy atom. The van der Waals surface area contributed by atoms with Gasteiger partial charge in [-0.1, -0.05) is 0 Å². The lowest BCUT2D eigenvalue weighted by Crippen LogP contribution is -2.14. The molecule has 7 heteroatoms. The fraction of sp³-hybridized carbons (Fsp3) is 0.188. The van der Waals surface area contributed by atoms with Gasteiger partial charge in [-0.2, -0.15) is 0 Å². The van der Waals surface area contributed by atoms with E-state index in [1.807, 2.05) is 0 Å². The van der Waals surface area contributed by atoms with Crippen molar-refractivity contribution in [3.05, 3.63) is 53.3 Å². The number of methoxy groups -OCH3 is 1. The molecular weight excluding hydrogens is 311 g/mol. The second-order valence-electron chi connectivity index (χ2n) is 4.48. The molecule has 122 valence electrons. The van der Waals surface area contributed by atoms with E-state index in [9.17, 15) is 18.0 Å². The fourth-order valence-corrected chi connectivity index (χ4v) is 1.90. The molecule has 0 aliphatic heterocycles. The van der Waals surface area contributed by atoms with Crippen LogP contribution in [0, 0.1) is 17.5 Å². The molecule has 0 aromatic heterocycles. The summed E-state index contributed by atoms with van der Waals surface area (Å²) in [7, 11) is 1.41. The molecule has 0 aliphatic carbocycles. The highest BCUT2D eigenvalue weighted by Crippen LogP contribution is 2.28. The van der Waals surface area contributed by atoms with E-state index in [2.05, 4.69) is 5.32 Å². The Kier molecular flexibility index (Phi) is 5.10. The van der Waals surface area contributed by atoms with E-state index in [0.29, 0.717) is 18.1 Å². The monoisotopic (exact) mass is 325 g/mol. The Balaban J connectivity index is 2.26. The molecule has 2 aromatic rings. The molecule has 0 aliphatic rings. The van der Waals surface area contributed by atoms with E-state index in [1.54, 1.807) is 6.92 Å². The van der Waals surface area contributed by atoms with Gasteiger partial charge in [0, 0.05) is 5.56 Å². The van der Waals surface area contributed by atoms with Crippen LogP contribution in [0.1, 0.15) is 17.3 Å². The van der Waals surface area contributed by atoms with Crippen molar-refractivity contribution >= 4 is 11.6 Å². The van der Waals surface area contributed by atoms with Crippen LogP contribution in [0.25, 0.3) is 0 Å². The van der Waals surface area contributed by atoms with E-state index >= 15 is 0 Å². The summed E-state index contributed by atoms with van der Waals surface area (Å²) in [5.74, 6) is -4.36. The molecule has 0 unspecified atom stereocenters. The third kappa shape index (κ3) is 3.56. The molecule has 1 N–H and O–H groups in total. The number of amides is 1. The van der Waals surface area contributed by atoms with Crippen molar-refractivity contribution in [2.24, 2.45) is 0 Å². The van der Waals surface area contributed by atoms with Crippen molar-refractivity contribution in [1.29, 1.82) is 0 Å². The van der Waals surface area contributed by atoms with Gasteiger partial charge in [0.15, 0.2) is 29.0 Å². The van der Waals surface area contributed by atoms with Crippen LogP contribution in [-0.4, -0.2) is 19.6 Å². The summed E-state index contributed by atoms with van der Waals surface area (Å²) in [4.78, 5) is 12.1. The molecule has 0 fully saturated rings. The molecule has 1 amide bonds. The van der Waals surface area contributed by atoms with Crippen molar-refractivity contribution < 1.29 is 27.4 Å². The van der Waals surface area contributed by atoms with Crippen molar-refractivity contribution in [1.82, 2.24) is 0 Å². The molecule has 4 nitrogen and oxygen atoms in total. The van der Waals surface area contributed by atoms with Gasteiger partial charge >= 0.3 is 0 Å². The minimum absolute atomic E-state index is 0.148. The molecule has 2 rings (SSSR count). The predicted octanol–water partition coefficient (Wildman–Crippen LogP) is 3.76. The van der Waals surface area contributed by atoms with Gasteiger partial charge in [0.25, 0.3) is 5.91 Å².